The number of aromatic nitrogens is 1. The first-order chi connectivity index (χ1) is 17.3. The van der Waals surface area contributed by atoms with Crippen molar-refractivity contribution in [1.82, 2.24) is 0 Å². The van der Waals surface area contributed by atoms with Crippen molar-refractivity contribution < 1.29 is 23.6 Å². The predicted molar refractivity (Wildman–Crippen MR) is 141 cm³/mol. The fourth-order valence-electron chi connectivity index (χ4n) is 4.66. The highest BCUT2D eigenvalue weighted by atomic mass is 16.7. The molecule has 0 saturated carbocycles. The Kier molecular flexibility index (Phi) is 17.6. The molecular weight excluding hydrogens is 438 g/mol. The van der Waals surface area contributed by atoms with Crippen molar-refractivity contribution in [2.24, 2.45) is 0 Å². The molecule has 200 valence electrons. The van der Waals surface area contributed by atoms with Gasteiger partial charge in [-0.05, 0) is 25.7 Å². The van der Waals surface area contributed by atoms with Crippen LogP contribution in [0.15, 0.2) is 30.6 Å². The van der Waals surface area contributed by atoms with Crippen LogP contribution in [0.5, 0.6) is 0 Å². The number of nitrogens with zero attached hydrogens (tertiary/aromatic N) is 1. The second-order valence-electron chi connectivity index (χ2n) is 10.2. The number of carbonyl (C=O) groups is 1. The van der Waals surface area contributed by atoms with Crippen LogP contribution in [0.4, 0.5) is 0 Å². The van der Waals surface area contributed by atoms with Gasteiger partial charge in [0.05, 0.1) is 6.61 Å². The molecular formula is C30H52NO4+. The Bertz CT molecular complexity index is 624. The third-order valence-electron chi connectivity index (χ3n) is 6.86. The van der Waals surface area contributed by atoms with Crippen LogP contribution in [0.1, 0.15) is 122 Å². The third kappa shape index (κ3) is 16.0. The summed E-state index contributed by atoms with van der Waals surface area (Å²) in [5.41, 5.74) is 0. The second kappa shape index (κ2) is 20.7. The standard InChI is InChI=1S/C30H52NO4/c1-2-3-4-5-6-7-8-9-10-11-12-13-17-22-30-34-27-28(35-30)26-33-29(32)21-16-14-18-23-31-24-19-15-20-25-31/h15,19-20,24-25,28,30H,2-14,16-18,21-23,26-27H2,1H3/q+1. The molecule has 0 spiro atoms. The first-order valence-corrected chi connectivity index (χ1v) is 14.6. The Morgan fingerprint density at radius 3 is 2.06 bits per heavy atom. The lowest BCUT2D eigenvalue weighted by atomic mass is 10.0. The van der Waals surface area contributed by atoms with Crippen molar-refractivity contribution in [2.75, 3.05) is 13.2 Å². The van der Waals surface area contributed by atoms with E-state index in [1.165, 1.54) is 77.0 Å². The summed E-state index contributed by atoms with van der Waals surface area (Å²) >= 11 is 0. The molecule has 0 radical (unpaired) electrons. The molecule has 2 rings (SSSR count). The third-order valence-corrected chi connectivity index (χ3v) is 6.86. The first-order valence-electron chi connectivity index (χ1n) is 14.6. The zero-order chi connectivity index (χ0) is 24.8. The van der Waals surface area contributed by atoms with Crippen molar-refractivity contribution in [2.45, 2.75) is 141 Å². The number of pyridine rings is 1. The van der Waals surface area contributed by atoms with Crippen LogP contribution in [-0.4, -0.2) is 31.6 Å². The van der Waals surface area contributed by atoms with Gasteiger partial charge < -0.3 is 14.2 Å². The fraction of sp³-hybridized carbons (Fsp3) is 0.800. The van der Waals surface area contributed by atoms with Gasteiger partial charge in [-0.25, -0.2) is 4.57 Å². The number of ether oxygens (including phenoxy) is 3. The molecule has 35 heavy (non-hydrogen) atoms. The number of rotatable bonds is 22. The van der Waals surface area contributed by atoms with Crippen LogP contribution in [-0.2, 0) is 25.5 Å². The number of hydrogen-bond acceptors (Lipinski definition) is 4. The van der Waals surface area contributed by atoms with Gasteiger partial charge in [0.15, 0.2) is 18.7 Å². The summed E-state index contributed by atoms with van der Waals surface area (Å²) in [4.78, 5) is 12.0. The van der Waals surface area contributed by atoms with E-state index in [1.807, 2.05) is 18.2 Å². The van der Waals surface area contributed by atoms with Gasteiger partial charge in [-0.2, -0.15) is 0 Å². The maximum absolute atomic E-state index is 12.0. The first kappa shape index (κ1) is 29.8. The smallest absolute Gasteiger partial charge is 0.305 e. The SMILES string of the molecule is CCCCCCCCCCCCCCCC1OCC(COC(=O)CCCCC[n+]2ccccc2)O1. The largest absolute Gasteiger partial charge is 0.463 e. The van der Waals surface area contributed by atoms with Gasteiger partial charge in [-0.3, -0.25) is 4.79 Å². The lowest BCUT2D eigenvalue weighted by molar-refractivity contribution is -0.697. The Morgan fingerprint density at radius 2 is 1.40 bits per heavy atom. The Balaban J connectivity index is 1.33. The van der Waals surface area contributed by atoms with Gasteiger partial charge in [-0.15, -0.1) is 0 Å². The molecule has 0 aromatic carbocycles. The van der Waals surface area contributed by atoms with Crippen molar-refractivity contribution in [3.8, 4) is 0 Å². The van der Waals surface area contributed by atoms with Crippen molar-refractivity contribution in [3.05, 3.63) is 30.6 Å². The number of esters is 1. The van der Waals surface area contributed by atoms with Gasteiger partial charge in [0.2, 0.25) is 0 Å². The van der Waals surface area contributed by atoms with Crippen molar-refractivity contribution in [3.63, 3.8) is 0 Å². The quantitative estimate of drug-likeness (QED) is 0.0972. The molecule has 5 heteroatoms. The average molecular weight is 491 g/mol. The summed E-state index contributed by atoms with van der Waals surface area (Å²) in [6, 6.07) is 6.10. The Labute approximate surface area is 214 Å². The summed E-state index contributed by atoms with van der Waals surface area (Å²) in [5.74, 6) is -0.124. The van der Waals surface area contributed by atoms with Gasteiger partial charge in [-0.1, -0.05) is 90.0 Å². The molecule has 1 saturated heterocycles. The van der Waals surface area contributed by atoms with Crippen LogP contribution in [0.3, 0.4) is 0 Å². The van der Waals surface area contributed by atoms with Crippen LogP contribution >= 0.6 is 0 Å². The topological polar surface area (TPSA) is 48.6 Å². The van der Waals surface area contributed by atoms with Crippen molar-refractivity contribution in [1.29, 1.82) is 0 Å². The molecule has 0 amide bonds. The van der Waals surface area contributed by atoms with E-state index >= 15 is 0 Å². The molecule has 1 aliphatic heterocycles. The molecule has 1 aromatic rings. The van der Waals surface area contributed by atoms with E-state index in [9.17, 15) is 4.79 Å². The highest BCUT2D eigenvalue weighted by Gasteiger charge is 2.26. The Hall–Kier alpha value is -1.46. The number of unbranched alkanes of at least 4 members (excludes halogenated alkanes) is 14. The molecule has 2 unspecified atom stereocenters. The zero-order valence-corrected chi connectivity index (χ0v) is 22.5. The van der Waals surface area contributed by atoms with Crippen LogP contribution in [0.2, 0.25) is 0 Å². The van der Waals surface area contributed by atoms with E-state index in [2.05, 4.69) is 23.9 Å². The highest BCUT2D eigenvalue weighted by Crippen LogP contribution is 2.19. The minimum atomic E-state index is -0.124. The predicted octanol–water partition coefficient (Wildman–Crippen LogP) is 7.30. The van der Waals surface area contributed by atoms with Gasteiger partial charge >= 0.3 is 5.97 Å². The molecule has 0 aliphatic carbocycles. The molecule has 2 heterocycles. The molecule has 1 aromatic heterocycles. The summed E-state index contributed by atoms with van der Waals surface area (Å²) in [5, 5.41) is 0. The van der Waals surface area contributed by atoms with Gasteiger partial charge in [0.25, 0.3) is 0 Å². The molecule has 0 bridgehead atoms. The number of hydrogen-bond donors (Lipinski definition) is 0. The van der Waals surface area contributed by atoms with Gasteiger partial charge in [0, 0.05) is 25.0 Å². The molecule has 5 nitrogen and oxygen atoms in total. The van der Waals surface area contributed by atoms with Crippen LogP contribution < -0.4 is 4.57 Å². The van der Waals surface area contributed by atoms with E-state index < -0.39 is 0 Å². The lowest BCUT2D eigenvalue weighted by Crippen LogP contribution is -2.32. The maximum atomic E-state index is 12.0. The monoisotopic (exact) mass is 490 g/mol. The normalized spacial score (nSPS) is 17.6. The van der Waals surface area contributed by atoms with E-state index in [1.54, 1.807) is 0 Å². The van der Waals surface area contributed by atoms with Gasteiger partial charge in [0.1, 0.15) is 19.3 Å². The van der Waals surface area contributed by atoms with E-state index in [0.717, 1.165) is 38.6 Å². The summed E-state index contributed by atoms with van der Waals surface area (Å²) < 4.78 is 19.2. The second-order valence-corrected chi connectivity index (χ2v) is 10.2. The van der Waals surface area contributed by atoms with Crippen molar-refractivity contribution >= 4 is 5.97 Å². The number of aryl methyl sites for hydroxylation is 1. The Morgan fingerprint density at radius 1 is 0.800 bits per heavy atom. The van der Waals surface area contributed by atoms with E-state index in [-0.39, 0.29) is 18.4 Å². The minimum absolute atomic E-state index is 0.111. The average Bonchev–Trinajstić information content (AvgIpc) is 3.34. The maximum Gasteiger partial charge on any atom is 0.305 e. The fourth-order valence-corrected chi connectivity index (χ4v) is 4.66. The lowest BCUT2D eigenvalue weighted by Gasteiger charge is -2.12. The number of carbonyl (C=O) groups excluding carboxylic acids is 1. The molecule has 2 atom stereocenters. The molecule has 1 fully saturated rings. The highest BCUT2D eigenvalue weighted by molar-refractivity contribution is 5.69. The minimum Gasteiger partial charge on any atom is -0.463 e. The van der Waals surface area contributed by atoms with Crippen LogP contribution in [0.25, 0.3) is 0 Å². The van der Waals surface area contributed by atoms with Crippen LogP contribution in [0, 0.1) is 0 Å². The van der Waals surface area contributed by atoms with E-state index in [0.29, 0.717) is 19.6 Å². The summed E-state index contributed by atoms with van der Waals surface area (Å²) in [6.07, 6.45) is 26.0. The summed E-state index contributed by atoms with van der Waals surface area (Å²) in [6.45, 7) is 4.11. The molecule has 0 N–H and O–H groups in total. The van der Waals surface area contributed by atoms with E-state index in [4.69, 9.17) is 14.2 Å². The molecule has 1 aliphatic rings. The zero-order valence-electron chi connectivity index (χ0n) is 22.5. The summed E-state index contributed by atoms with van der Waals surface area (Å²) in [7, 11) is 0.